The number of piperidine rings is 1. The van der Waals surface area contributed by atoms with Gasteiger partial charge in [-0.15, -0.1) is 0 Å². The summed E-state index contributed by atoms with van der Waals surface area (Å²) < 4.78 is 7.42. The summed E-state index contributed by atoms with van der Waals surface area (Å²) in [7, 11) is 0. The second kappa shape index (κ2) is 10.8. The van der Waals surface area contributed by atoms with Gasteiger partial charge in [0.25, 0.3) is 11.5 Å². The number of aromatic nitrogens is 2. The van der Waals surface area contributed by atoms with Gasteiger partial charge < -0.3 is 9.32 Å². The van der Waals surface area contributed by atoms with Crippen LogP contribution < -0.4 is 10.5 Å². The van der Waals surface area contributed by atoms with Gasteiger partial charge in [0, 0.05) is 19.3 Å². The average molecular weight is 557 g/mol. The fourth-order valence-corrected chi connectivity index (χ4v) is 6.53. The van der Waals surface area contributed by atoms with Crippen molar-refractivity contribution in [3.8, 4) is 0 Å². The number of anilines is 1. The highest BCUT2D eigenvalue weighted by atomic mass is 32.2. The monoisotopic (exact) mass is 556 g/mol. The van der Waals surface area contributed by atoms with Crippen LogP contribution in [-0.2, 0) is 17.8 Å². The molecule has 9 heteroatoms. The highest BCUT2D eigenvalue weighted by Crippen LogP contribution is 2.35. The van der Waals surface area contributed by atoms with E-state index in [0.29, 0.717) is 37.9 Å². The third kappa shape index (κ3) is 5.16. The third-order valence-corrected chi connectivity index (χ3v) is 8.77. The largest absolute Gasteiger partial charge is 0.467 e. The average Bonchev–Trinajstić information content (AvgIpc) is 3.56. The van der Waals surface area contributed by atoms with Crippen molar-refractivity contribution in [2.24, 2.45) is 5.92 Å². The molecule has 2 fully saturated rings. The topological polar surface area (TPSA) is 71.1 Å². The molecule has 0 N–H and O–H groups in total. The van der Waals surface area contributed by atoms with E-state index in [4.69, 9.17) is 21.6 Å². The second-order valence-electron chi connectivity index (χ2n) is 10.0. The van der Waals surface area contributed by atoms with Crippen LogP contribution in [0.4, 0.5) is 5.82 Å². The van der Waals surface area contributed by atoms with Crippen LogP contribution in [0.1, 0.15) is 35.3 Å². The number of fused-ring (bicyclic) bond motifs is 1. The fourth-order valence-electron chi connectivity index (χ4n) is 5.29. The van der Waals surface area contributed by atoms with Gasteiger partial charge in [-0.1, -0.05) is 60.4 Å². The molecule has 5 heterocycles. The minimum absolute atomic E-state index is 0.193. The lowest BCUT2D eigenvalue weighted by atomic mass is 9.90. The van der Waals surface area contributed by atoms with Crippen LogP contribution in [0.5, 0.6) is 0 Å². The minimum Gasteiger partial charge on any atom is -0.467 e. The van der Waals surface area contributed by atoms with E-state index in [2.05, 4.69) is 29.2 Å². The summed E-state index contributed by atoms with van der Waals surface area (Å²) in [5.41, 5.74) is 3.13. The summed E-state index contributed by atoms with van der Waals surface area (Å²) in [5, 5.41) is 0. The molecule has 0 aliphatic carbocycles. The Morgan fingerprint density at radius 1 is 1.08 bits per heavy atom. The molecule has 2 aliphatic rings. The van der Waals surface area contributed by atoms with E-state index < -0.39 is 0 Å². The van der Waals surface area contributed by atoms with Crippen LogP contribution in [0.2, 0.25) is 0 Å². The quantitative estimate of drug-likeness (QED) is 0.231. The second-order valence-corrected chi connectivity index (χ2v) is 11.7. The van der Waals surface area contributed by atoms with Crippen molar-refractivity contribution in [3.63, 3.8) is 0 Å². The van der Waals surface area contributed by atoms with Crippen molar-refractivity contribution in [3.05, 3.63) is 105 Å². The van der Waals surface area contributed by atoms with E-state index in [1.807, 2.05) is 31.2 Å². The van der Waals surface area contributed by atoms with E-state index >= 15 is 0 Å². The Morgan fingerprint density at radius 2 is 1.87 bits per heavy atom. The number of benzene rings is 1. The lowest BCUT2D eigenvalue weighted by Gasteiger charge is -2.33. The lowest BCUT2D eigenvalue weighted by Crippen LogP contribution is -2.37. The van der Waals surface area contributed by atoms with Gasteiger partial charge in [0.05, 0.1) is 23.3 Å². The maximum atomic E-state index is 13.8. The van der Waals surface area contributed by atoms with E-state index in [1.54, 1.807) is 29.0 Å². The molecule has 0 bridgehead atoms. The highest BCUT2D eigenvalue weighted by Gasteiger charge is 2.34. The molecule has 0 unspecified atom stereocenters. The Balaban J connectivity index is 1.33. The van der Waals surface area contributed by atoms with Crippen LogP contribution in [0.3, 0.4) is 0 Å². The number of carbonyl (C=O) groups is 1. The first kappa shape index (κ1) is 25.6. The van der Waals surface area contributed by atoms with E-state index in [9.17, 15) is 9.59 Å². The number of nitrogens with zero attached hydrogens (tertiary/aromatic N) is 4. The van der Waals surface area contributed by atoms with Crippen molar-refractivity contribution in [1.82, 2.24) is 14.3 Å². The number of furan rings is 1. The molecular formula is C30H28N4O3S2. The third-order valence-electron chi connectivity index (χ3n) is 7.39. The molecule has 2 saturated heterocycles. The summed E-state index contributed by atoms with van der Waals surface area (Å²) in [5.74, 6) is 1.62. The Hall–Kier alpha value is -3.69. The van der Waals surface area contributed by atoms with Crippen LogP contribution in [0.15, 0.2) is 81.2 Å². The predicted octanol–water partition coefficient (Wildman–Crippen LogP) is 5.46. The fraction of sp³-hybridized carbons (Fsp3) is 0.267. The van der Waals surface area contributed by atoms with Crippen molar-refractivity contribution in [1.29, 1.82) is 0 Å². The number of carbonyl (C=O) groups excluding carboxylic acids is 1. The number of pyridine rings is 1. The zero-order valence-electron chi connectivity index (χ0n) is 21.6. The van der Waals surface area contributed by atoms with Gasteiger partial charge in [-0.2, -0.15) is 0 Å². The maximum absolute atomic E-state index is 13.8. The standard InChI is InChI=1S/C30H28N4O3S2/c1-20-7-5-13-33-26(20)31-27(32-14-11-22(12-15-32)17-21-8-3-2-4-9-21)24(28(33)35)18-25-29(36)34(30(38)39-25)19-23-10-6-16-37-23/h2-10,13,16,18,22H,11-12,14-15,17,19H2,1H3/b25-18-. The predicted molar refractivity (Wildman–Crippen MR) is 159 cm³/mol. The molecule has 7 nitrogen and oxygen atoms in total. The summed E-state index contributed by atoms with van der Waals surface area (Å²) in [6.07, 6.45) is 8.04. The molecule has 1 aromatic carbocycles. The molecule has 198 valence electrons. The van der Waals surface area contributed by atoms with Gasteiger partial charge >= 0.3 is 0 Å². The Kier molecular flexibility index (Phi) is 7.10. The van der Waals surface area contributed by atoms with Crippen molar-refractivity contribution < 1.29 is 9.21 Å². The van der Waals surface area contributed by atoms with E-state index in [1.165, 1.54) is 22.2 Å². The molecular weight excluding hydrogens is 528 g/mol. The molecule has 1 amide bonds. The van der Waals surface area contributed by atoms with Crippen LogP contribution in [-0.4, -0.2) is 37.6 Å². The first-order valence-electron chi connectivity index (χ1n) is 13.1. The molecule has 0 saturated carbocycles. The van der Waals surface area contributed by atoms with Gasteiger partial charge in [-0.05, 0) is 67.5 Å². The normalized spacial score (nSPS) is 17.6. The van der Waals surface area contributed by atoms with Crippen molar-refractivity contribution >= 4 is 51.7 Å². The first-order valence-corrected chi connectivity index (χ1v) is 14.3. The summed E-state index contributed by atoms with van der Waals surface area (Å²) in [4.78, 5) is 36.3. The number of thioether (sulfide) groups is 1. The van der Waals surface area contributed by atoms with E-state index in [0.717, 1.165) is 37.9 Å². The van der Waals surface area contributed by atoms with Gasteiger partial charge in [-0.3, -0.25) is 18.9 Å². The van der Waals surface area contributed by atoms with Crippen molar-refractivity contribution in [2.75, 3.05) is 18.0 Å². The molecule has 0 atom stereocenters. The van der Waals surface area contributed by atoms with Crippen LogP contribution in [0, 0.1) is 12.8 Å². The molecule has 0 radical (unpaired) electrons. The van der Waals surface area contributed by atoms with Gasteiger partial charge in [0.1, 0.15) is 21.5 Å². The smallest absolute Gasteiger partial charge is 0.267 e. The van der Waals surface area contributed by atoms with E-state index in [-0.39, 0.29) is 18.0 Å². The Labute approximate surface area is 236 Å². The van der Waals surface area contributed by atoms with Gasteiger partial charge in [0.2, 0.25) is 0 Å². The van der Waals surface area contributed by atoms with Gasteiger partial charge in [-0.25, -0.2) is 4.98 Å². The zero-order chi connectivity index (χ0) is 26.9. The molecule has 0 spiro atoms. The molecule has 3 aromatic heterocycles. The number of rotatable bonds is 6. The number of hydrogen-bond acceptors (Lipinski definition) is 7. The minimum atomic E-state index is -0.234. The highest BCUT2D eigenvalue weighted by molar-refractivity contribution is 8.26. The zero-order valence-corrected chi connectivity index (χ0v) is 23.2. The number of thiocarbonyl (C=S) groups is 1. The SMILES string of the molecule is Cc1cccn2c(=O)c(/C=C3\SC(=S)N(Cc4ccco4)C3=O)c(N3CCC(Cc4ccccc4)CC3)nc12. The summed E-state index contributed by atoms with van der Waals surface area (Å²) in [6, 6.07) is 18.0. The molecule has 6 rings (SSSR count). The van der Waals surface area contributed by atoms with Crippen LogP contribution in [0.25, 0.3) is 11.7 Å². The number of aryl methyl sites for hydroxylation is 1. The Morgan fingerprint density at radius 3 is 2.62 bits per heavy atom. The first-order chi connectivity index (χ1) is 19.0. The molecule has 2 aliphatic heterocycles. The number of hydrogen-bond donors (Lipinski definition) is 0. The van der Waals surface area contributed by atoms with Gasteiger partial charge in [0.15, 0.2) is 0 Å². The Bertz CT molecular complexity index is 1620. The maximum Gasteiger partial charge on any atom is 0.267 e. The number of amides is 1. The molecule has 39 heavy (non-hydrogen) atoms. The molecule has 4 aromatic rings. The van der Waals surface area contributed by atoms with Crippen molar-refractivity contribution in [2.45, 2.75) is 32.7 Å². The summed E-state index contributed by atoms with van der Waals surface area (Å²) >= 11 is 6.72. The summed E-state index contributed by atoms with van der Waals surface area (Å²) in [6.45, 7) is 3.81. The van der Waals surface area contributed by atoms with Crippen LogP contribution >= 0.6 is 24.0 Å². The lowest BCUT2D eigenvalue weighted by molar-refractivity contribution is -0.122.